The van der Waals surface area contributed by atoms with Crippen molar-refractivity contribution in [2.24, 2.45) is 0 Å². The van der Waals surface area contributed by atoms with E-state index < -0.39 is 0 Å². The van der Waals surface area contributed by atoms with Gasteiger partial charge >= 0.3 is 0 Å². The van der Waals surface area contributed by atoms with Crippen LogP contribution in [0.2, 0.25) is 0 Å². The number of hydrogen-bond acceptors (Lipinski definition) is 4. The van der Waals surface area contributed by atoms with Crippen molar-refractivity contribution in [3.8, 4) is 0 Å². The normalized spacial score (nSPS) is 12.3. The fraction of sp³-hybridized carbons (Fsp3) is 0.471. The van der Waals surface area contributed by atoms with E-state index >= 15 is 0 Å². The quantitative estimate of drug-likeness (QED) is 0.526. The van der Waals surface area contributed by atoms with Crippen molar-refractivity contribution in [1.82, 2.24) is 16.0 Å². The van der Waals surface area contributed by atoms with E-state index in [4.69, 9.17) is 0 Å². The van der Waals surface area contributed by atoms with Crippen molar-refractivity contribution in [3.05, 3.63) is 46.7 Å². The van der Waals surface area contributed by atoms with Gasteiger partial charge in [0, 0.05) is 36.4 Å². The summed E-state index contributed by atoms with van der Waals surface area (Å²) in [6, 6.07) is 8.02. The molecule has 3 N–H and O–H groups in total. The van der Waals surface area contributed by atoms with Gasteiger partial charge in [0.2, 0.25) is 0 Å². The number of carbonyl (C=O) groups is 1. The number of benzene rings is 1. The maximum absolute atomic E-state index is 11.8. The summed E-state index contributed by atoms with van der Waals surface area (Å²) in [5.41, 5.74) is 1.09. The molecule has 1 aromatic rings. The van der Waals surface area contributed by atoms with Crippen LogP contribution in [0.25, 0.3) is 0 Å². The average molecular weight is 368 g/mol. The number of halogens is 1. The Kier molecular flexibility index (Phi) is 9.59. The molecule has 0 saturated carbocycles. The zero-order valence-electron chi connectivity index (χ0n) is 13.4. The lowest BCUT2D eigenvalue weighted by atomic mass is 9.92. The van der Waals surface area contributed by atoms with E-state index in [1.54, 1.807) is 6.92 Å². The Bertz CT molecular complexity index is 459. The second-order valence-electron chi connectivity index (χ2n) is 5.18. The summed E-state index contributed by atoms with van der Waals surface area (Å²) in [4.78, 5) is 11.8. The lowest BCUT2D eigenvalue weighted by molar-refractivity contribution is -0.118. The SMILES string of the molecule is CN/C=C\NCCCNCC[C@@H](C(C)=O)c1ccc(Br)cc1. The Morgan fingerprint density at radius 2 is 1.91 bits per heavy atom. The molecule has 122 valence electrons. The van der Waals surface area contributed by atoms with Gasteiger partial charge < -0.3 is 16.0 Å². The molecule has 5 heteroatoms. The standard InChI is InChI=1S/C17H26BrN3O/c1-14(22)17(15-4-6-16(18)7-5-15)8-11-20-9-3-10-21-13-12-19-2/h4-7,12-13,17,19-21H,3,8-11H2,1-2H3/b13-12-/t17-/m0/s1. The maximum Gasteiger partial charge on any atom is 0.137 e. The molecule has 0 aliphatic rings. The smallest absolute Gasteiger partial charge is 0.137 e. The third-order valence-corrected chi connectivity index (χ3v) is 3.94. The topological polar surface area (TPSA) is 53.2 Å². The van der Waals surface area contributed by atoms with Crippen LogP contribution in [0.1, 0.15) is 31.2 Å². The van der Waals surface area contributed by atoms with Crippen LogP contribution in [0.3, 0.4) is 0 Å². The fourth-order valence-corrected chi connectivity index (χ4v) is 2.48. The molecular weight excluding hydrogens is 342 g/mol. The highest BCUT2D eigenvalue weighted by Gasteiger charge is 2.15. The summed E-state index contributed by atoms with van der Waals surface area (Å²) in [5, 5.41) is 9.52. The lowest BCUT2D eigenvalue weighted by Crippen LogP contribution is -2.23. The van der Waals surface area contributed by atoms with Crippen LogP contribution in [0.4, 0.5) is 0 Å². The van der Waals surface area contributed by atoms with Crippen molar-refractivity contribution in [1.29, 1.82) is 0 Å². The largest absolute Gasteiger partial charge is 0.393 e. The van der Waals surface area contributed by atoms with Gasteiger partial charge in [0.15, 0.2) is 0 Å². The van der Waals surface area contributed by atoms with Gasteiger partial charge in [-0.3, -0.25) is 4.79 Å². The van der Waals surface area contributed by atoms with E-state index in [1.165, 1.54) is 0 Å². The van der Waals surface area contributed by atoms with E-state index in [0.29, 0.717) is 0 Å². The van der Waals surface area contributed by atoms with E-state index in [0.717, 1.165) is 42.5 Å². The van der Waals surface area contributed by atoms with Crippen LogP contribution in [-0.4, -0.2) is 32.5 Å². The minimum absolute atomic E-state index is 0.0164. The number of rotatable bonds is 11. The molecule has 4 nitrogen and oxygen atoms in total. The highest BCUT2D eigenvalue weighted by Crippen LogP contribution is 2.22. The van der Waals surface area contributed by atoms with Crippen LogP contribution in [0.15, 0.2) is 41.1 Å². The van der Waals surface area contributed by atoms with Crippen molar-refractivity contribution in [2.75, 3.05) is 26.7 Å². The molecule has 0 amide bonds. The molecular formula is C17H26BrN3O. The van der Waals surface area contributed by atoms with Gasteiger partial charge in [0.1, 0.15) is 5.78 Å². The molecule has 1 aromatic carbocycles. The fourth-order valence-electron chi connectivity index (χ4n) is 2.21. The van der Waals surface area contributed by atoms with Crippen molar-refractivity contribution >= 4 is 21.7 Å². The first kappa shape index (κ1) is 18.7. The number of Topliss-reactive ketones (excluding diaryl/α,β-unsaturated/α-hetero) is 1. The monoisotopic (exact) mass is 367 g/mol. The Balaban J connectivity index is 2.24. The zero-order chi connectivity index (χ0) is 16.2. The predicted molar refractivity (Wildman–Crippen MR) is 95.9 cm³/mol. The molecule has 1 rings (SSSR count). The number of carbonyl (C=O) groups excluding carboxylic acids is 1. The first-order valence-electron chi connectivity index (χ1n) is 7.67. The molecule has 0 radical (unpaired) electrons. The van der Waals surface area contributed by atoms with Crippen molar-refractivity contribution < 1.29 is 4.79 Å². The van der Waals surface area contributed by atoms with Gasteiger partial charge in [-0.25, -0.2) is 0 Å². The summed E-state index contributed by atoms with van der Waals surface area (Å²) < 4.78 is 1.04. The van der Waals surface area contributed by atoms with Gasteiger partial charge in [-0.2, -0.15) is 0 Å². The van der Waals surface area contributed by atoms with Crippen LogP contribution < -0.4 is 16.0 Å². The molecule has 0 unspecified atom stereocenters. The minimum Gasteiger partial charge on any atom is -0.393 e. The summed E-state index contributed by atoms with van der Waals surface area (Å²) >= 11 is 3.42. The van der Waals surface area contributed by atoms with Gasteiger partial charge in [0.25, 0.3) is 0 Å². The zero-order valence-corrected chi connectivity index (χ0v) is 14.9. The molecule has 0 aliphatic carbocycles. The molecule has 0 aromatic heterocycles. The summed E-state index contributed by atoms with van der Waals surface area (Å²) in [7, 11) is 1.87. The Morgan fingerprint density at radius 1 is 1.18 bits per heavy atom. The van der Waals surface area contributed by atoms with E-state index in [2.05, 4.69) is 31.9 Å². The highest BCUT2D eigenvalue weighted by atomic mass is 79.9. The van der Waals surface area contributed by atoms with Gasteiger partial charge in [0.05, 0.1) is 0 Å². The van der Waals surface area contributed by atoms with Crippen LogP contribution in [0.5, 0.6) is 0 Å². The molecule has 22 heavy (non-hydrogen) atoms. The van der Waals surface area contributed by atoms with Gasteiger partial charge in [-0.1, -0.05) is 28.1 Å². The highest BCUT2D eigenvalue weighted by molar-refractivity contribution is 9.10. The number of ketones is 1. The Labute approximate surface area is 141 Å². The number of nitrogens with one attached hydrogen (secondary N) is 3. The first-order chi connectivity index (χ1) is 10.6. The van der Waals surface area contributed by atoms with Crippen molar-refractivity contribution in [3.63, 3.8) is 0 Å². The second kappa shape index (κ2) is 11.3. The summed E-state index contributed by atoms with van der Waals surface area (Å²) in [6.07, 6.45) is 5.66. The minimum atomic E-state index is -0.0164. The second-order valence-corrected chi connectivity index (χ2v) is 6.10. The predicted octanol–water partition coefficient (Wildman–Crippen LogP) is 2.77. The van der Waals surface area contributed by atoms with E-state index in [-0.39, 0.29) is 11.7 Å². The molecule has 0 spiro atoms. The third-order valence-electron chi connectivity index (χ3n) is 3.42. The van der Waals surface area contributed by atoms with Gasteiger partial charge in [-0.15, -0.1) is 0 Å². The molecule has 1 atom stereocenters. The first-order valence-corrected chi connectivity index (χ1v) is 8.46. The van der Waals surface area contributed by atoms with Gasteiger partial charge in [-0.05, 0) is 50.6 Å². The third kappa shape index (κ3) is 7.61. The van der Waals surface area contributed by atoms with Crippen LogP contribution >= 0.6 is 15.9 Å². The van der Waals surface area contributed by atoms with Crippen LogP contribution in [0, 0.1) is 0 Å². The summed E-state index contributed by atoms with van der Waals surface area (Å²) in [5.74, 6) is 0.209. The molecule has 0 saturated heterocycles. The maximum atomic E-state index is 11.8. The van der Waals surface area contributed by atoms with E-state index in [9.17, 15) is 4.79 Å². The molecule has 0 aliphatic heterocycles. The van der Waals surface area contributed by atoms with Crippen molar-refractivity contribution in [2.45, 2.75) is 25.7 Å². The average Bonchev–Trinajstić information content (AvgIpc) is 2.50. The lowest BCUT2D eigenvalue weighted by Gasteiger charge is -2.15. The Hall–Kier alpha value is -1.33. The van der Waals surface area contributed by atoms with E-state index in [1.807, 2.05) is 43.7 Å². The molecule has 0 fully saturated rings. The van der Waals surface area contributed by atoms with Crippen LogP contribution in [-0.2, 0) is 4.79 Å². The number of hydrogen-bond donors (Lipinski definition) is 3. The summed E-state index contributed by atoms with van der Waals surface area (Å²) in [6.45, 7) is 4.41. The Morgan fingerprint density at radius 3 is 2.55 bits per heavy atom. The molecule has 0 heterocycles. The molecule has 0 bridgehead atoms.